The molecule has 2 rings (SSSR count). The Balaban J connectivity index is 2.28. The van der Waals surface area contributed by atoms with E-state index in [1.54, 1.807) is 19.2 Å². The number of hydrogen-bond acceptors (Lipinski definition) is 6. The first-order valence-corrected chi connectivity index (χ1v) is 10.2. The Bertz CT molecular complexity index is 832. The van der Waals surface area contributed by atoms with Crippen LogP contribution in [0, 0.1) is 0 Å². The Morgan fingerprint density at radius 2 is 1.60 bits per heavy atom. The summed E-state index contributed by atoms with van der Waals surface area (Å²) in [7, 11) is 3.17. The van der Waals surface area contributed by atoms with Crippen molar-refractivity contribution in [3.63, 3.8) is 0 Å². The van der Waals surface area contributed by atoms with Gasteiger partial charge in [-0.3, -0.25) is 4.79 Å². The monoisotopic (exact) mass is 416 g/mol. The summed E-state index contributed by atoms with van der Waals surface area (Å²) in [6, 6.07) is 11.4. The van der Waals surface area contributed by atoms with E-state index >= 15 is 0 Å². The predicted octanol–water partition coefficient (Wildman–Crippen LogP) is 5.13. The normalized spacial score (nSPS) is 12.7. The molecule has 0 radical (unpaired) electrons. The minimum absolute atomic E-state index is 0.305. The van der Waals surface area contributed by atoms with Crippen LogP contribution in [0.1, 0.15) is 51.3 Å². The Morgan fingerprint density at radius 1 is 0.933 bits per heavy atom. The number of methoxy groups -OCH3 is 2. The molecule has 0 bridgehead atoms. The van der Waals surface area contributed by atoms with Gasteiger partial charge in [0.05, 0.1) is 14.2 Å². The largest absolute Gasteiger partial charge is 0.493 e. The molecule has 0 aromatic heterocycles. The third-order valence-corrected chi connectivity index (χ3v) is 4.62. The molecular formula is C24H32O6. The van der Waals surface area contributed by atoms with Gasteiger partial charge in [-0.15, -0.1) is 0 Å². The van der Waals surface area contributed by atoms with E-state index in [1.165, 1.54) is 19.6 Å². The zero-order chi connectivity index (χ0) is 22.1. The van der Waals surface area contributed by atoms with Gasteiger partial charge in [0.2, 0.25) is 0 Å². The number of ether oxygens (including phenoxy) is 5. The van der Waals surface area contributed by atoms with Crippen LogP contribution < -0.4 is 18.9 Å². The average Bonchev–Trinajstić information content (AvgIpc) is 2.73. The molecule has 2 aromatic carbocycles. The molecule has 6 nitrogen and oxygen atoms in total. The number of benzene rings is 2. The van der Waals surface area contributed by atoms with Crippen LogP contribution in [0.4, 0.5) is 0 Å². The van der Waals surface area contributed by atoms with Gasteiger partial charge in [-0.05, 0) is 55.7 Å². The second-order valence-electron chi connectivity index (χ2n) is 6.94. The first-order chi connectivity index (χ1) is 14.4. The first-order valence-electron chi connectivity index (χ1n) is 10.2. The van der Waals surface area contributed by atoms with Crippen LogP contribution in [0.3, 0.4) is 0 Å². The Kier molecular flexibility index (Phi) is 8.99. The maximum atomic E-state index is 11.3. The highest BCUT2D eigenvalue weighted by Gasteiger charge is 2.24. The summed E-state index contributed by atoms with van der Waals surface area (Å²) < 4.78 is 28.3. The van der Waals surface area contributed by atoms with Crippen molar-refractivity contribution in [1.82, 2.24) is 0 Å². The van der Waals surface area contributed by atoms with Crippen LogP contribution >= 0.6 is 0 Å². The van der Waals surface area contributed by atoms with Gasteiger partial charge in [-0.1, -0.05) is 25.5 Å². The van der Waals surface area contributed by atoms with E-state index in [1.807, 2.05) is 32.0 Å². The lowest BCUT2D eigenvalue weighted by Crippen LogP contribution is -2.25. The number of aryl methyl sites for hydroxylation is 1. The molecule has 164 valence electrons. The molecule has 0 fully saturated rings. The zero-order valence-corrected chi connectivity index (χ0v) is 18.7. The zero-order valence-electron chi connectivity index (χ0n) is 18.7. The summed E-state index contributed by atoms with van der Waals surface area (Å²) >= 11 is 0. The summed E-state index contributed by atoms with van der Waals surface area (Å²) in [5.74, 6) is 1.79. The van der Waals surface area contributed by atoms with E-state index in [2.05, 4.69) is 13.0 Å². The van der Waals surface area contributed by atoms with Gasteiger partial charge in [-0.25, -0.2) is 0 Å². The Morgan fingerprint density at radius 3 is 2.20 bits per heavy atom. The Labute approximate surface area is 179 Å². The van der Waals surface area contributed by atoms with Gasteiger partial charge in [0.25, 0.3) is 0 Å². The van der Waals surface area contributed by atoms with E-state index < -0.39 is 5.97 Å². The topological polar surface area (TPSA) is 63.2 Å². The van der Waals surface area contributed by atoms with Crippen LogP contribution in [0.15, 0.2) is 36.4 Å². The van der Waals surface area contributed by atoms with Crippen LogP contribution in [-0.2, 0) is 16.0 Å². The highest BCUT2D eigenvalue weighted by atomic mass is 16.6. The molecule has 0 saturated heterocycles. The Hall–Kier alpha value is -2.73. The van der Waals surface area contributed by atoms with Crippen molar-refractivity contribution in [2.75, 3.05) is 20.8 Å². The summed E-state index contributed by atoms with van der Waals surface area (Å²) in [6.45, 7) is 7.90. The van der Waals surface area contributed by atoms with E-state index in [0.29, 0.717) is 29.6 Å². The van der Waals surface area contributed by atoms with E-state index in [-0.39, 0.29) is 12.2 Å². The molecule has 2 atom stereocenters. The number of esters is 1. The molecule has 0 aliphatic rings. The van der Waals surface area contributed by atoms with Gasteiger partial charge in [-0.2, -0.15) is 0 Å². The summed E-state index contributed by atoms with van der Waals surface area (Å²) in [5.41, 5.74) is 2.07. The highest BCUT2D eigenvalue weighted by Crippen LogP contribution is 2.36. The van der Waals surface area contributed by atoms with Gasteiger partial charge < -0.3 is 23.7 Å². The molecule has 6 heteroatoms. The predicted molar refractivity (Wildman–Crippen MR) is 116 cm³/mol. The maximum Gasteiger partial charge on any atom is 0.308 e. The quantitative estimate of drug-likeness (QED) is 0.374. The molecule has 30 heavy (non-hydrogen) atoms. The van der Waals surface area contributed by atoms with Crippen molar-refractivity contribution in [3.8, 4) is 23.0 Å². The lowest BCUT2D eigenvalue weighted by atomic mass is 10.0. The second kappa shape index (κ2) is 11.5. The molecular weight excluding hydrogens is 384 g/mol. The molecule has 2 unspecified atom stereocenters. The highest BCUT2D eigenvalue weighted by molar-refractivity contribution is 5.70. The van der Waals surface area contributed by atoms with Gasteiger partial charge in [0.1, 0.15) is 12.2 Å². The van der Waals surface area contributed by atoms with Crippen LogP contribution in [0.2, 0.25) is 0 Å². The van der Waals surface area contributed by atoms with E-state index in [4.69, 9.17) is 23.7 Å². The molecule has 0 amide bonds. The lowest BCUT2D eigenvalue weighted by Gasteiger charge is -2.26. The van der Waals surface area contributed by atoms with Crippen molar-refractivity contribution in [2.45, 2.75) is 52.7 Å². The van der Waals surface area contributed by atoms with Crippen molar-refractivity contribution >= 4 is 5.97 Å². The second-order valence-corrected chi connectivity index (χ2v) is 6.94. The smallest absolute Gasteiger partial charge is 0.308 e. The summed E-state index contributed by atoms with van der Waals surface area (Å²) in [5, 5.41) is 0. The average molecular weight is 417 g/mol. The van der Waals surface area contributed by atoms with E-state index in [9.17, 15) is 4.79 Å². The standard InChI is InChI=1S/C24H32O6/c1-7-9-18-10-12-20(22(14-18)26-5)29-16(3)24(28-8-2)19-11-13-21(30-17(4)25)23(15-19)27-6/h10-16,24H,7-9H2,1-6H3. The van der Waals surface area contributed by atoms with Gasteiger partial charge >= 0.3 is 5.97 Å². The van der Waals surface area contributed by atoms with Crippen molar-refractivity contribution in [3.05, 3.63) is 47.5 Å². The number of carbonyl (C=O) groups is 1. The lowest BCUT2D eigenvalue weighted by molar-refractivity contribution is -0.132. The summed E-state index contributed by atoms with van der Waals surface area (Å²) in [6.07, 6.45) is 1.40. The van der Waals surface area contributed by atoms with Crippen LogP contribution in [-0.4, -0.2) is 32.9 Å². The third-order valence-electron chi connectivity index (χ3n) is 4.62. The molecule has 0 aliphatic carbocycles. The molecule has 0 saturated carbocycles. The molecule has 2 aromatic rings. The SMILES string of the molecule is CCCc1ccc(OC(C)C(OCC)c2ccc(OC(C)=O)c(OC)c2)c(OC)c1. The summed E-state index contributed by atoms with van der Waals surface area (Å²) in [4.78, 5) is 11.3. The third kappa shape index (κ3) is 6.13. The number of carbonyl (C=O) groups excluding carboxylic acids is 1. The molecule has 0 aliphatic heterocycles. The molecule has 0 spiro atoms. The first kappa shape index (κ1) is 23.5. The number of hydrogen-bond donors (Lipinski definition) is 0. The minimum atomic E-state index is -0.405. The number of rotatable bonds is 11. The fraction of sp³-hybridized carbons (Fsp3) is 0.458. The van der Waals surface area contributed by atoms with Gasteiger partial charge in [0.15, 0.2) is 23.0 Å². The molecule has 0 heterocycles. The minimum Gasteiger partial charge on any atom is -0.493 e. The van der Waals surface area contributed by atoms with Crippen molar-refractivity contribution in [1.29, 1.82) is 0 Å². The van der Waals surface area contributed by atoms with Crippen LogP contribution in [0.5, 0.6) is 23.0 Å². The molecule has 0 N–H and O–H groups in total. The maximum absolute atomic E-state index is 11.3. The van der Waals surface area contributed by atoms with Crippen molar-refractivity contribution in [2.24, 2.45) is 0 Å². The fourth-order valence-corrected chi connectivity index (χ4v) is 3.30. The van der Waals surface area contributed by atoms with Crippen LogP contribution in [0.25, 0.3) is 0 Å². The van der Waals surface area contributed by atoms with Crippen molar-refractivity contribution < 1.29 is 28.5 Å². The fourth-order valence-electron chi connectivity index (χ4n) is 3.30. The van der Waals surface area contributed by atoms with E-state index in [0.717, 1.165) is 18.4 Å². The van der Waals surface area contributed by atoms with Gasteiger partial charge in [0, 0.05) is 13.5 Å².